The number of nitrogens with zero attached hydrogens (tertiary/aromatic N) is 2. The summed E-state index contributed by atoms with van der Waals surface area (Å²) >= 11 is 5.44. The van der Waals surface area contributed by atoms with Crippen molar-refractivity contribution in [2.45, 2.75) is 46.0 Å². The van der Waals surface area contributed by atoms with Crippen LogP contribution < -0.4 is 15.5 Å². The second kappa shape index (κ2) is 9.51. The first-order valence-corrected chi connectivity index (χ1v) is 10.6. The van der Waals surface area contributed by atoms with Gasteiger partial charge in [0.05, 0.1) is 0 Å². The highest BCUT2D eigenvalue weighted by molar-refractivity contribution is 7.80. The maximum absolute atomic E-state index is 12.0. The Hall–Kier alpha value is -1.66. The molecule has 0 unspecified atom stereocenters. The van der Waals surface area contributed by atoms with E-state index >= 15 is 0 Å². The molecule has 2 saturated heterocycles. The van der Waals surface area contributed by atoms with Crippen LogP contribution >= 0.6 is 12.2 Å². The molecule has 27 heavy (non-hydrogen) atoms. The van der Waals surface area contributed by atoms with Gasteiger partial charge < -0.3 is 20.4 Å². The zero-order valence-corrected chi connectivity index (χ0v) is 17.4. The predicted octanol–water partition coefficient (Wildman–Crippen LogP) is 3.53. The van der Waals surface area contributed by atoms with Crippen molar-refractivity contribution in [3.05, 3.63) is 23.8 Å². The van der Waals surface area contributed by atoms with Gasteiger partial charge in [0.15, 0.2) is 5.11 Å². The summed E-state index contributed by atoms with van der Waals surface area (Å²) in [4.78, 5) is 16.5. The van der Waals surface area contributed by atoms with E-state index < -0.39 is 0 Å². The lowest BCUT2D eigenvalue weighted by Crippen LogP contribution is -2.37. The Balaban J connectivity index is 1.44. The fourth-order valence-corrected chi connectivity index (χ4v) is 4.27. The Bertz CT molecular complexity index is 678. The SMILES string of the molecule is Cc1ccc(NC(=S)NCCCN2CCC[C@@H](C)C2)cc1N1CCCC1=O. The third-order valence-corrected chi connectivity index (χ3v) is 5.76. The number of amides is 1. The molecule has 1 aromatic rings. The van der Waals surface area contributed by atoms with E-state index in [1.54, 1.807) is 0 Å². The van der Waals surface area contributed by atoms with Gasteiger partial charge in [-0.2, -0.15) is 0 Å². The van der Waals surface area contributed by atoms with Gasteiger partial charge in [0.2, 0.25) is 5.91 Å². The number of likely N-dealkylation sites (tertiary alicyclic amines) is 1. The van der Waals surface area contributed by atoms with Crippen molar-refractivity contribution in [1.82, 2.24) is 10.2 Å². The smallest absolute Gasteiger partial charge is 0.227 e. The number of aryl methyl sites for hydroxylation is 1. The Kier molecular flexibility index (Phi) is 7.07. The zero-order chi connectivity index (χ0) is 19.2. The summed E-state index contributed by atoms with van der Waals surface area (Å²) in [5.74, 6) is 1.04. The van der Waals surface area contributed by atoms with Gasteiger partial charge in [0, 0.05) is 37.4 Å². The van der Waals surface area contributed by atoms with E-state index in [-0.39, 0.29) is 5.91 Å². The number of nitrogens with one attached hydrogen (secondary N) is 2. The number of piperidine rings is 1. The molecule has 2 fully saturated rings. The molecule has 1 amide bonds. The molecule has 0 aromatic heterocycles. The van der Waals surface area contributed by atoms with E-state index in [1.807, 2.05) is 30.0 Å². The minimum atomic E-state index is 0.211. The van der Waals surface area contributed by atoms with Gasteiger partial charge in [-0.3, -0.25) is 4.79 Å². The fourth-order valence-electron chi connectivity index (χ4n) is 4.05. The molecule has 148 valence electrons. The molecule has 2 aliphatic heterocycles. The van der Waals surface area contributed by atoms with Crippen LogP contribution in [0.2, 0.25) is 0 Å². The van der Waals surface area contributed by atoms with Gasteiger partial charge in [0.1, 0.15) is 0 Å². The highest BCUT2D eigenvalue weighted by Gasteiger charge is 2.23. The van der Waals surface area contributed by atoms with Crippen molar-refractivity contribution in [3.8, 4) is 0 Å². The van der Waals surface area contributed by atoms with E-state index in [4.69, 9.17) is 12.2 Å². The van der Waals surface area contributed by atoms with E-state index in [9.17, 15) is 4.79 Å². The van der Waals surface area contributed by atoms with E-state index in [0.717, 1.165) is 55.3 Å². The number of thiocarbonyl (C=S) groups is 1. The van der Waals surface area contributed by atoms with E-state index in [1.165, 1.54) is 25.9 Å². The average molecular weight is 389 g/mol. The van der Waals surface area contributed by atoms with Crippen molar-refractivity contribution in [2.75, 3.05) is 42.9 Å². The van der Waals surface area contributed by atoms with Gasteiger partial charge in [-0.05, 0) is 81.5 Å². The van der Waals surface area contributed by atoms with Gasteiger partial charge in [0.25, 0.3) is 0 Å². The minimum absolute atomic E-state index is 0.211. The summed E-state index contributed by atoms with van der Waals surface area (Å²) in [5.41, 5.74) is 3.03. The zero-order valence-electron chi connectivity index (χ0n) is 16.6. The van der Waals surface area contributed by atoms with Crippen molar-refractivity contribution in [3.63, 3.8) is 0 Å². The van der Waals surface area contributed by atoms with Crippen LogP contribution in [0.15, 0.2) is 18.2 Å². The van der Waals surface area contributed by atoms with Gasteiger partial charge >= 0.3 is 0 Å². The van der Waals surface area contributed by atoms with Crippen LogP contribution in [0.4, 0.5) is 11.4 Å². The number of hydrogen-bond acceptors (Lipinski definition) is 3. The first kappa shape index (κ1) is 20.1. The Morgan fingerprint density at radius 2 is 2.15 bits per heavy atom. The molecule has 0 saturated carbocycles. The molecule has 0 radical (unpaired) electrons. The van der Waals surface area contributed by atoms with Crippen LogP contribution in [0, 0.1) is 12.8 Å². The molecule has 5 nitrogen and oxygen atoms in total. The third kappa shape index (κ3) is 5.66. The van der Waals surface area contributed by atoms with Crippen LogP contribution in [0.1, 0.15) is 44.6 Å². The lowest BCUT2D eigenvalue weighted by atomic mass is 10.0. The number of benzene rings is 1. The highest BCUT2D eigenvalue weighted by Crippen LogP contribution is 2.28. The van der Waals surface area contributed by atoms with Crippen molar-refractivity contribution in [1.29, 1.82) is 0 Å². The Morgan fingerprint density at radius 3 is 2.89 bits per heavy atom. The number of carbonyl (C=O) groups excluding carboxylic acids is 1. The molecule has 0 bridgehead atoms. The second-order valence-electron chi connectivity index (χ2n) is 7.93. The first-order chi connectivity index (χ1) is 13.0. The number of carbonyl (C=O) groups is 1. The normalized spacial score (nSPS) is 20.7. The number of rotatable bonds is 6. The quantitative estimate of drug-likeness (QED) is 0.577. The molecule has 3 rings (SSSR count). The van der Waals surface area contributed by atoms with E-state index in [0.29, 0.717) is 11.5 Å². The molecule has 1 atom stereocenters. The van der Waals surface area contributed by atoms with Crippen molar-refractivity contribution in [2.24, 2.45) is 5.92 Å². The van der Waals surface area contributed by atoms with Crippen molar-refractivity contribution >= 4 is 34.6 Å². The Labute approximate surface area is 168 Å². The van der Waals surface area contributed by atoms with Crippen LogP contribution in [0.3, 0.4) is 0 Å². The summed E-state index contributed by atoms with van der Waals surface area (Å²) in [7, 11) is 0. The lowest BCUT2D eigenvalue weighted by Gasteiger charge is -2.30. The minimum Gasteiger partial charge on any atom is -0.362 e. The molecule has 6 heteroatoms. The summed E-state index contributed by atoms with van der Waals surface area (Å²) in [6.07, 6.45) is 5.36. The topological polar surface area (TPSA) is 47.6 Å². The maximum atomic E-state index is 12.0. The molecule has 2 N–H and O–H groups in total. The highest BCUT2D eigenvalue weighted by atomic mass is 32.1. The predicted molar refractivity (Wildman–Crippen MR) is 116 cm³/mol. The molecule has 1 aromatic carbocycles. The molecule has 2 heterocycles. The number of anilines is 2. The molecular weight excluding hydrogens is 356 g/mol. The summed E-state index contributed by atoms with van der Waals surface area (Å²) in [6, 6.07) is 6.09. The van der Waals surface area contributed by atoms with Crippen LogP contribution in [-0.2, 0) is 4.79 Å². The van der Waals surface area contributed by atoms with E-state index in [2.05, 4.69) is 22.5 Å². The first-order valence-electron chi connectivity index (χ1n) is 10.2. The van der Waals surface area contributed by atoms with Gasteiger partial charge in [-0.25, -0.2) is 0 Å². The fraction of sp³-hybridized carbons (Fsp3) is 0.619. The number of hydrogen-bond donors (Lipinski definition) is 2. The van der Waals surface area contributed by atoms with Gasteiger partial charge in [-0.1, -0.05) is 13.0 Å². The van der Waals surface area contributed by atoms with Crippen LogP contribution in [0.25, 0.3) is 0 Å². The maximum Gasteiger partial charge on any atom is 0.227 e. The van der Waals surface area contributed by atoms with Crippen LogP contribution in [0.5, 0.6) is 0 Å². The average Bonchev–Trinajstić information content (AvgIpc) is 3.06. The standard InChI is InChI=1S/C21H32N4OS/c1-16-6-3-11-24(15-16)12-5-10-22-21(27)23-18-9-8-17(2)19(14-18)25-13-4-7-20(25)26/h8-9,14,16H,3-7,10-13,15H2,1-2H3,(H2,22,23,27)/t16-/m1/s1. The monoisotopic (exact) mass is 388 g/mol. The summed E-state index contributed by atoms with van der Waals surface area (Å²) in [6.45, 7) is 9.66. The molecule has 0 aliphatic carbocycles. The van der Waals surface area contributed by atoms with Crippen molar-refractivity contribution < 1.29 is 4.79 Å². The van der Waals surface area contributed by atoms with Gasteiger partial charge in [-0.15, -0.1) is 0 Å². The second-order valence-corrected chi connectivity index (χ2v) is 8.34. The largest absolute Gasteiger partial charge is 0.362 e. The summed E-state index contributed by atoms with van der Waals surface area (Å²) in [5, 5.41) is 7.21. The Morgan fingerprint density at radius 1 is 1.30 bits per heavy atom. The molecule has 2 aliphatic rings. The molecular formula is C21H32N4OS. The molecule has 0 spiro atoms. The third-order valence-electron chi connectivity index (χ3n) is 5.51. The lowest BCUT2D eigenvalue weighted by molar-refractivity contribution is -0.117. The summed E-state index contributed by atoms with van der Waals surface area (Å²) < 4.78 is 0. The van der Waals surface area contributed by atoms with Crippen LogP contribution in [-0.4, -0.2) is 48.6 Å².